The molecule has 0 saturated heterocycles. The Kier molecular flexibility index (Phi) is 3.47. The fraction of sp³-hybridized carbons (Fsp3) is 0.188. The van der Waals surface area contributed by atoms with Crippen LogP contribution in [0.2, 0.25) is 0 Å². The van der Waals surface area contributed by atoms with E-state index in [1.165, 1.54) is 16.7 Å². The van der Waals surface area contributed by atoms with E-state index in [-0.39, 0.29) is 0 Å². The van der Waals surface area contributed by atoms with Gasteiger partial charge in [-0.2, -0.15) is 4.74 Å². The Morgan fingerprint density at radius 2 is 1.50 bits per heavy atom. The van der Waals surface area contributed by atoms with Gasteiger partial charge in [0.25, 0.3) is 0 Å². The highest BCUT2D eigenvalue weighted by atomic mass is 16.5. The Morgan fingerprint density at radius 1 is 0.944 bits per heavy atom. The van der Waals surface area contributed by atoms with Crippen molar-refractivity contribution in [2.45, 2.75) is 20.8 Å². The van der Waals surface area contributed by atoms with Gasteiger partial charge in [-0.05, 0) is 49.6 Å². The van der Waals surface area contributed by atoms with Gasteiger partial charge in [-0.15, -0.1) is 0 Å². The molecule has 2 rings (SSSR count). The highest BCUT2D eigenvalue weighted by Crippen LogP contribution is 2.15. The van der Waals surface area contributed by atoms with Crippen molar-refractivity contribution < 1.29 is 4.74 Å². The summed E-state index contributed by atoms with van der Waals surface area (Å²) in [4.78, 5) is 0. The predicted molar refractivity (Wildman–Crippen MR) is 75.5 cm³/mol. The molecular formula is C16H17NO. The quantitative estimate of drug-likeness (QED) is 0.338. The Balaban J connectivity index is 2.39. The molecule has 0 unspecified atom stereocenters. The summed E-state index contributed by atoms with van der Waals surface area (Å²) in [7, 11) is 0. The average Bonchev–Trinajstić information content (AvgIpc) is 2.37. The van der Waals surface area contributed by atoms with Crippen LogP contribution < -0.4 is 0 Å². The van der Waals surface area contributed by atoms with Crippen LogP contribution in [0.1, 0.15) is 22.3 Å². The van der Waals surface area contributed by atoms with Crippen molar-refractivity contribution in [3.63, 3.8) is 0 Å². The molecule has 0 N–H and O–H groups in total. The van der Waals surface area contributed by atoms with Crippen LogP contribution in [0.3, 0.4) is 0 Å². The maximum atomic E-state index is 12.0. The van der Waals surface area contributed by atoms with Crippen LogP contribution in [0.4, 0.5) is 5.69 Å². The maximum Gasteiger partial charge on any atom is 0.216 e. The lowest BCUT2D eigenvalue weighted by atomic mass is 10.0. The van der Waals surface area contributed by atoms with Crippen molar-refractivity contribution in [1.29, 1.82) is 0 Å². The maximum absolute atomic E-state index is 12.0. The van der Waals surface area contributed by atoms with Crippen LogP contribution >= 0.6 is 0 Å². The molecule has 0 aliphatic carbocycles. The Hall–Kier alpha value is -2.09. The monoisotopic (exact) mass is 239 g/mol. The second kappa shape index (κ2) is 5.05. The number of benzene rings is 2. The predicted octanol–water partition coefficient (Wildman–Crippen LogP) is 3.87. The van der Waals surface area contributed by atoms with Gasteiger partial charge < -0.3 is 5.21 Å². The Morgan fingerprint density at radius 3 is 2.06 bits per heavy atom. The lowest BCUT2D eigenvalue weighted by Crippen LogP contribution is -2.00. The van der Waals surface area contributed by atoms with E-state index in [0.29, 0.717) is 5.69 Å². The molecule has 18 heavy (non-hydrogen) atoms. The minimum absolute atomic E-state index is 0.647. The van der Waals surface area contributed by atoms with Gasteiger partial charge in [0.1, 0.15) is 0 Å². The van der Waals surface area contributed by atoms with Gasteiger partial charge >= 0.3 is 0 Å². The van der Waals surface area contributed by atoms with Crippen LogP contribution in [0.25, 0.3) is 0 Å². The third-order valence-corrected chi connectivity index (χ3v) is 3.23. The summed E-state index contributed by atoms with van der Waals surface area (Å²) in [5.74, 6) is 0. The largest absolute Gasteiger partial charge is 0.618 e. The molecular weight excluding hydrogens is 222 g/mol. The van der Waals surface area contributed by atoms with Crippen LogP contribution in [-0.2, 0) is 0 Å². The molecule has 92 valence electrons. The molecule has 0 aliphatic rings. The van der Waals surface area contributed by atoms with Crippen molar-refractivity contribution in [1.82, 2.24) is 0 Å². The van der Waals surface area contributed by atoms with E-state index < -0.39 is 0 Å². The summed E-state index contributed by atoms with van der Waals surface area (Å²) in [6, 6.07) is 13.3. The minimum atomic E-state index is 0.647. The third-order valence-electron chi connectivity index (χ3n) is 3.23. The summed E-state index contributed by atoms with van der Waals surface area (Å²) in [6.45, 7) is 6.23. The molecule has 0 heterocycles. The molecule has 2 aromatic carbocycles. The number of hydrogen-bond acceptors (Lipinski definition) is 1. The molecule has 0 aromatic heterocycles. The van der Waals surface area contributed by atoms with Crippen LogP contribution in [0.5, 0.6) is 0 Å². The highest BCUT2D eigenvalue weighted by Gasteiger charge is 2.04. The van der Waals surface area contributed by atoms with E-state index in [0.717, 1.165) is 10.3 Å². The summed E-state index contributed by atoms with van der Waals surface area (Å²) in [5, 5.41) is 12.0. The van der Waals surface area contributed by atoms with Gasteiger partial charge in [0.2, 0.25) is 5.69 Å². The lowest BCUT2D eigenvalue weighted by molar-refractivity contribution is -0.354. The van der Waals surface area contributed by atoms with Gasteiger partial charge in [-0.25, -0.2) is 0 Å². The summed E-state index contributed by atoms with van der Waals surface area (Å²) in [5.41, 5.74) is 5.29. The molecule has 0 radical (unpaired) electrons. The molecule has 0 fully saturated rings. The lowest BCUT2D eigenvalue weighted by Gasteiger charge is -2.07. The van der Waals surface area contributed by atoms with E-state index in [1.54, 1.807) is 18.3 Å². The van der Waals surface area contributed by atoms with E-state index in [2.05, 4.69) is 20.8 Å². The number of rotatable bonds is 2. The molecule has 2 heteroatoms. The first-order valence-corrected chi connectivity index (χ1v) is 6.02. The average molecular weight is 239 g/mol. The van der Waals surface area contributed by atoms with E-state index in [1.807, 2.05) is 30.3 Å². The Labute approximate surface area is 108 Å². The highest BCUT2D eigenvalue weighted by molar-refractivity contribution is 5.77. The van der Waals surface area contributed by atoms with E-state index in [4.69, 9.17) is 0 Å². The molecule has 0 aliphatic heterocycles. The van der Waals surface area contributed by atoms with Gasteiger partial charge in [0, 0.05) is 17.7 Å². The van der Waals surface area contributed by atoms with Gasteiger partial charge in [0.15, 0.2) is 6.21 Å². The number of hydrogen-bond donors (Lipinski definition) is 0. The first kappa shape index (κ1) is 12.4. The fourth-order valence-corrected chi connectivity index (χ4v) is 1.93. The van der Waals surface area contributed by atoms with E-state index >= 15 is 0 Å². The standard InChI is InChI=1S/C16H17NO/c1-12-9-15(10-13(2)14(12)3)11-17(18)16-7-5-4-6-8-16/h4-11H,1-3H3. The molecule has 0 spiro atoms. The van der Waals surface area contributed by atoms with Crippen molar-refractivity contribution in [2.24, 2.45) is 0 Å². The number of nitrogens with zero attached hydrogens (tertiary/aromatic N) is 1. The molecule has 0 amide bonds. The summed E-state index contributed by atoms with van der Waals surface area (Å²) < 4.78 is 0.906. The molecule has 2 nitrogen and oxygen atoms in total. The van der Waals surface area contributed by atoms with Crippen LogP contribution in [0.15, 0.2) is 42.5 Å². The van der Waals surface area contributed by atoms with Crippen LogP contribution in [-0.4, -0.2) is 11.0 Å². The fourth-order valence-electron chi connectivity index (χ4n) is 1.93. The molecule has 0 bridgehead atoms. The van der Waals surface area contributed by atoms with Gasteiger partial charge in [-0.1, -0.05) is 18.2 Å². The van der Waals surface area contributed by atoms with E-state index in [9.17, 15) is 5.21 Å². The first-order valence-electron chi connectivity index (χ1n) is 6.02. The smallest absolute Gasteiger partial charge is 0.216 e. The van der Waals surface area contributed by atoms with Gasteiger partial charge in [-0.3, -0.25) is 0 Å². The van der Waals surface area contributed by atoms with Crippen molar-refractivity contribution in [3.05, 3.63) is 69.9 Å². The van der Waals surface area contributed by atoms with Crippen molar-refractivity contribution in [2.75, 3.05) is 0 Å². The van der Waals surface area contributed by atoms with Crippen LogP contribution in [0, 0.1) is 26.0 Å². The number of para-hydroxylation sites is 1. The normalized spacial score (nSPS) is 11.6. The second-order valence-corrected chi connectivity index (χ2v) is 4.57. The third kappa shape index (κ3) is 2.59. The zero-order chi connectivity index (χ0) is 13.1. The zero-order valence-corrected chi connectivity index (χ0v) is 11.0. The molecule has 0 atom stereocenters. The summed E-state index contributed by atoms with van der Waals surface area (Å²) in [6.07, 6.45) is 1.62. The first-order chi connectivity index (χ1) is 8.58. The van der Waals surface area contributed by atoms with Crippen molar-refractivity contribution in [3.8, 4) is 0 Å². The minimum Gasteiger partial charge on any atom is -0.618 e. The zero-order valence-electron chi connectivity index (χ0n) is 11.0. The topological polar surface area (TPSA) is 26.1 Å². The molecule has 2 aromatic rings. The SMILES string of the molecule is Cc1cc(C=[N+]([O-])c2ccccc2)cc(C)c1C. The number of aryl methyl sites for hydroxylation is 2. The second-order valence-electron chi connectivity index (χ2n) is 4.57. The Bertz CT molecular complexity index is 562. The van der Waals surface area contributed by atoms with Gasteiger partial charge in [0.05, 0.1) is 0 Å². The molecule has 0 saturated carbocycles. The van der Waals surface area contributed by atoms with Crippen molar-refractivity contribution >= 4 is 11.9 Å². The summed E-state index contributed by atoms with van der Waals surface area (Å²) >= 11 is 0.